The summed E-state index contributed by atoms with van der Waals surface area (Å²) in [5.74, 6) is -2.53. The highest BCUT2D eigenvalue weighted by Gasteiger charge is 2.60. The Hall–Kier alpha value is -3.66. The minimum absolute atomic E-state index is 0.0111. The van der Waals surface area contributed by atoms with Crippen molar-refractivity contribution in [3.63, 3.8) is 0 Å². The Labute approximate surface area is 202 Å². The zero-order valence-corrected chi connectivity index (χ0v) is 18.7. The van der Waals surface area contributed by atoms with E-state index in [-0.39, 0.29) is 32.7 Å². The zero-order valence-electron chi connectivity index (χ0n) is 17.2. The van der Waals surface area contributed by atoms with Gasteiger partial charge < -0.3 is 5.11 Å². The molecule has 3 unspecified atom stereocenters. The van der Waals surface area contributed by atoms with Gasteiger partial charge in [0.2, 0.25) is 5.91 Å². The molecule has 0 radical (unpaired) electrons. The first-order valence-electron chi connectivity index (χ1n) is 10.1. The number of hydrogen-bond acceptors (Lipinski definition) is 7. The molecule has 0 aliphatic carbocycles. The first kappa shape index (κ1) is 22.1. The zero-order chi connectivity index (χ0) is 24.1. The van der Waals surface area contributed by atoms with E-state index >= 15 is 0 Å². The van der Waals surface area contributed by atoms with Gasteiger partial charge in [-0.05, 0) is 36.4 Å². The third-order valence-electron chi connectivity index (χ3n) is 5.82. The fraction of sp³-hybridized carbons (Fsp3) is 0.130. The summed E-state index contributed by atoms with van der Waals surface area (Å²) in [5.41, 5.74) is 0.781. The van der Waals surface area contributed by atoms with Crippen molar-refractivity contribution < 1.29 is 24.5 Å². The summed E-state index contributed by atoms with van der Waals surface area (Å²) in [5, 5.41) is 23.3. The highest BCUT2D eigenvalue weighted by Crippen LogP contribution is 2.51. The number of halogens is 2. The number of para-hydroxylation sites is 1. The minimum Gasteiger partial charge on any atom is -0.506 e. The van der Waals surface area contributed by atoms with Crippen LogP contribution in [-0.4, -0.2) is 27.9 Å². The summed E-state index contributed by atoms with van der Waals surface area (Å²) < 4.78 is 0. The Kier molecular flexibility index (Phi) is 5.40. The van der Waals surface area contributed by atoms with E-state index in [1.54, 1.807) is 30.3 Å². The molecule has 0 aromatic heterocycles. The Balaban J connectivity index is 1.60. The number of phenols is 1. The molecule has 172 valence electrons. The number of amides is 2. The number of carbonyl (C=O) groups excluding carboxylic acids is 2. The van der Waals surface area contributed by atoms with Crippen molar-refractivity contribution in [3.8, 4) is 5.75 Å². The van der Waals surface area contributed by atoms with Gasteiger partial charge in [0.15, 0.2) is 6.10 Å². The van der Waals surface area contributed by atoms with E-state index in [1.165, 1.54) is 41.5 Å². The number of carbonyl (C=O) groups is 2. The van der Waals surface area contributed by atoms with Gasteiger partial charge >= 0.3 is 0 Å². The molecule has 2 aliphatic rings. The lowest BCUT2D eigenvalue weighted by atomic mass is 9.90. The number of nitro benzene ring substituents is 1. The predicted octanol–water partition coefficient (Wildman–Crippen LogP) is 4.66. The van der Waals surface area contributed by atoms with Crippen LogP contribution >= 0.6 is 23.2 Å². The number of phenolic OH excluding ortho intramolecular Hbond substituents is 1. The van der Waals surface area contributed by atoms with Crippen molar-refractivity contribution in [1.29, 1.82) is 0 Å². The largest absolute Gasteiger partial charge is 0.506 e. The highest BCUT2D eigenvalue weighted by molar-refractivity contribution is 6.35. The molecule has 0 spiro atoms. The number of nitro groups is 1. The smallest absolute Gasteiger partial charge is 0.269 e. The first-order valence-corrected chi connectivity index (χ1v) is 10.8. The number of hydroxylamine groups is 1. The van der Waals surface area contributed by atoms with Crippen LogP contribution in [0.4, 0.5) is 17.1 Å². The molecule has 0 bridgehead atoms. The van der Waals surface area contributed by atoms with E-state index in [2.05, 4.69) is 0 Å². The monoisotopic (exact) mass is 499 g/mol. The number of aromatic hydroxyl groups is 1. The lowest BCUT2D eigenvalue weighted by Gasteiger charge is -2.29. The van der Waals surface area contributed by atoms with Crippen molar-refractivity contribution in [1.82, 2.24) is 0 Å². The molecular weight excluding hydrogens is 485 g/mol. The van der Waals surface area contributed by atoms with Gasteiger partial charge in [-0.25, -0.2) is 9.96 Å². The second-order valence-electron chi connectivity index (χ2n) is 7.77. The number of anilines is 2. The second kappa shape index (κ2) is 8.28. The van der Waals surface area contributed by atoms with E-state index in [9.17, 15) is 24.8 Å². The maximum Gasteiger partial charge on any atom is 0.269 e. The Morgan fingerprint density at radius 2 is 1.62 bits per heavy atom. The second-order valence-corrected chi connectivity index (χ2v) is 8.61. The third kappa shape index (κ3) is 3.45. The molecule has 34 heavy (non-hydrogen) atoms. The molecule has 2 aliphatic heterocycles. The van der Waals surface area contributed by atoms with Gasteiger partial charge in [0.05, 0.1) is 27.4 Å². The van der Waals surface area contributed by atoms with Gasteiger partial charge in [-0.2, -0.15) is 0 Å². The Morgan fingerprint density at radius 1 is 0.941 bits per heavy atom. The van der Waals surface area contributed by atoms with Crippen LogP contribution in [0.15, 0.2) is 66.7 Å². The van der Waals surface area contributed by atoms with Gasteiger partial charge in [-0.3, -0.25) is 24.5 Å². The first-order chi connectivity index (χ1) is 16.3. The van der Waals surface area contributed by atoms with Crippen LogP contribution in [0.1, 0.15) is 11.6 Å². The molecule has 9 nitrogen and oxygen atoms in total. The average molecular weight is 500 g/mol. The molecule has 2 fully saturated rings. The van der Waals surface area contributed by atoms with Crippen LogP contribution in [0.5, 0.6) is 5.75 Å². The molecule has 3 aromatic rings. The summed E-state index contributed by atoms with van der Waals surface area (Å²) in [7, 11) is 0. The lowest BCUT2D eigenvalue weighted by molar-refractivity contribution is -0.384. The van der Waals surface area contributed by atoms with Gasteiger partial charge in [0.1, 0.15) is 11.7 Å². The van der Waals surface area contributed by atoms with Gasteiger partial charge in [0.25, 0.3) is 11.6 Å². The number of non-ortho nitro benzene ring substituents is 1. The summed E-state index contributed by atoms with van der Waals surface area (Å²) in [6.45, 7) is 0. The highest BCUT2D eigenvalue weighted by atomic mass is 35.5. The lowest BCUT2D eigenvalue weighted by Crippen LogP contribution is -2.37. The van der Waals surface area contributed by atoms with E-state index in [0.29, 0.717) is 5.69 Å². The number of imide groups is 1. The third-order valence-corrected chi connectivity index (χ3v) is 6.33. The Bertz CT molecular complexity index is 1320. The van der Waals surface area contributed by atoms with Crippen LogP contribution in [-0.2, 0) is 14.4 Å². The van der Waals surface area contributed by atoms with Crippen molar-refractivity contribution >= 4 is 52.1 Å². The molecule has 1 N–H and O–H groups in total. The standard InChI is InChI=1S/C23H15Cl2N3O6/c24-12-10-16(20(29)17(25)11-12)19-18-21(34-27(19)14-4-2-1-3-5-14)23(31)26(22(18)30)13-6-8-15(9-7-13)28(32)33/h1-11,18-19,21,29H. The van der Waals surface area contributed by atoms with Crippen LogP contribution < -0.4 is 9.96 Å². The maximum absolute atomic E-state index is 13.6. The van der Waals surface area contributed by atoms with Crippen LogP contribution in [0.3, 0.4) is 0 Å². The van der Waals surface area contributed by atoms with Crippen molar-refractivity contribution in [2.45, 2.75) is 12.1 Å². The normalized spacial score (nSPS) is 21.8. The fourth-order valence-electron chi connectivity index (χ4n) is 4.32. The van der Waals surface area contributed by atoms with E-state index < -0.39 is 34.8 Å². The number of rotatable bonds is 4. The predicted molar refractivity (Wildman–Crippen MR) is 124 cm³/mol. The molecule has 3 atom stereocenters. The van der Waals surface area contributed by atoms with Gasteiger partial charge in [-0.1, -0.05) is 41.4 Å². The SMILES string of the molecule is O=C1C2ON(c3ccccc3)C(c3cc(Cl)cc(Cl)c3O)C2C(=O)N1c1ccc([N+](=O)[O-])cc1. The van der Waals surface area contributed by atoms with Crippen molar-refractivity contribution in [2.24, 2.45) is 5.92 Å². The number of benzene rings is 3. The number of nitrogens with zero attached hydrogens (tertiary/aromatic N) is 3. The summed E-state index contributed by atoms with van der Waals surface area (Å²) in [6, 6.07) is 15.8. The molecule has 2 saturated heterocycles. The molecule has 5 rings (SSSR count). The minimum atomic E-state index is -1.19. The van der Waals surface area contributed by atoms with E-state index in [0.717, 1.165) is 4.90 Å². The van der Waals surface area contributed by atoms with Crippen molar-refractivity contribution in [2.75, 3.05) is 9.96 Å². The van der Waals surface area contributed by atoms with E-state index in [4.69, 9.17) is 28.0 Å². The molecular formula is C23H15Cl2N3O6. The quantitative estimate of drug-likeness (QED) is 0.315. The van der Waals surface area contributed by atoms with E-state index in [1.807, 2.05) is 0 Å². The summed E-state index contributed by atoms with van der Waals surface area (Å²) >= 11 is 12.3. The fourth-order valence-corrected chi connectivity index (χ4v) is 4.83. The van der Waals surface area contributed by atoms with Gasteiger partial charge in [0, 0.05) is 22.7 Å². The summed E-state index contributed by atoms with van der Waals surface area (Å²) in [6.07, 6.45) is -1.19. The maximum atomic E-state index is 13.6. The molecule has 0 saturated carbocycles. The van der Waals surface area contributed by atoms with Crippen molar-refractivity contribution in [3.05, 3.63) is 92.5 Å². The van der Waals surface area contributed by atoms with Gasteiger partial charge in [-0.15, -0.1) is 0 Å². The average Bonchev–Trinajstić information content (AvgIpc) is 3.33. The van der Waals surface area contributed by atoms with Crippen LogP contribution in [0.2, 0.25) is 10.0 Å². The number of fused-ring (bicyclic) bond motifs is 1. The van der Waals surface area contributed by atoms with Crippen LogP contribution in [0.25, 0.3) is 0 Å². The number of hydrogen-bond donors (Lipinski definition) is 1. The molecule has 2 amide bonds. The molecule has 11 heteroatoms. The van der Waals surface area contributed by atoms with Crippen LogP contribution in [0, 0.1) is 16.0 Å². The molecule has 2 heterocycles. The Morgan fingerprint density at radius 3 is 2.26 bits per heavy atom. The molecule has 3 aromatic carbocycles. The summed E-state index contributed by atoms with van der Waals surface area (Å²) in [4.78, 5) is 44.2. The topological polar surface area (TPSA) is 113 Å².